The number of carbonyl (C=O) groups excluding carboxylic acids is 2. The van der Waals surface area contributed by atoms with Gasteiger partial charge in [0.25, 0.3) is 5.56 Å². The monoisotopic (exact) mass is 429 g/mol. The number of benzene rings is 2. The van der Waals surface area contributed by atoms with Gasteiger partial charge in [0, 0.05) is 16.8 Å². The zero-order valence-electron chi connectivity index (χ0n) is 18.1. The molecule has 4 aromatic rings. The second-order valence-electron chi connectivity index (χ2n) is 7.57. The Balaban J connectivity index is 1.59. The zero-order valence-corrected chi connectivity index (χ0v) is 18.1. The second kappa shape index (κ2) is 8.58. The first-order chi connectivity index (χ1) is 15.4. The Bertz CT molecular complexity index is 1370. The van der Waals surface area contributed by atoms with Gasteiger partial charge in [-0.25, -0.2) is 9.20 Å². The Kier molecular flexibility index (Phi) is 5.68. The highest BCUT2D eigenvalue weighted by molar-refractivity contribution is 5.95. The van der Waals surface area contributed by atoms with E-state index in [0.717, 1.165) is 16.7 Å². The van der Waals surface area contributed by atoms with Gasteiger partial charge in [0.05, 0.1) is 5.69 Å². The van der Waals surface area contributed by atoms with Gasteiger partial charge in [-0.2, -0.15) is 10.2 Å². The number of nitrogens with zero attached hydrogens (tertiary/aromatic N) is 4. The van der Waals surface area contributed by atoms with Crippen molar-refractivity contribution >= 4 is 22.9 Å². The first-order valence-electron chi connectivity index (χ1n) is 10.3. The van der Waals surface area contributed by atoms with E-state index >= 15 is 0 Å². The van der Waals surface area contributed by atoms with E-state index in [4.69, 9.17) is 0 Å². The van der Waals surface area contributed by atoms with Crippen LogP contribution in [-0.2, 0) is 17.8 Å². The molecule has 0 unspecified atom stereocenters. The molecule has 2 aromatic heterocycles. The first kappa shape index (κ1) is 21.2. The van der Waals surface area contributed by atoms with Gasteiger partial charge in [-0.1, -0.05) is 31.2 Å². The summed E-state index contributed by atoms with van der Waals surface area (Å²) in [6.07, 6.45) is 0.947. The standard InChI is InChI=1S/C24H23N5O3/c1-4-17-5-7-19(8-6-17)21-13-22-24(32)28(26-16(3)29(22)27-21)14-23(31)25-20-11-9-18(10-12-20)15(2)30/h5-13H,4,14H2,1-3H3,(H,25,31). The third-order valence-corrected chi connectivity index (χ3v) is 5.26. The molecule has 0 aliphatic carbocycles. The Morgan fingerprint density at radius 3 is 2.31 bits per heavy atom. The minimum Gasteiger partial charge on any atom is -0.324 e. The van der Waals surface area contributed by atoms with E-state index in [2.05, 4.69) is 22.4 Å². The van der Waals surface area contributed by atoms with Crippen LogP contribution in [0.4, 0.5) is 5.69 Å². The molecular formula is C24H23N5O3. The van der Waals surface area contributed by atoms with Crippen molar-refractivity contribution in [2.45, 2.75) is 33.7 Å². The van der Waals surface area contributed by atoms with Crippen LogP contribution in [0.25, 0.3) is 16.8 Å². The van der Waals surface area contributed by atoms with Crippen molar-refractivity contribution in [2.24, 2.45) is 0 Å². The average molecular weight is 429 g/mol. The Morgan fingerprint density at radius 2 is 1.69 bits per heavy atom. The fourth-order valence-electron chi connectivity index (χ4n) is 3.46. The molecule has 1 N–H and O–H groups in total. The number of fused-ring (bicyclic) bond motifs is 1. The summed E-state index contributed by atoms with van der Waals surface area (Å²) in [5.74, 6) is 0.0485. The fraction of sp³-hybridized carbons (Fsp3) is 0.208. The van der Waals surface area contributed by atoms with E-state index in [-0.39, 0.29) is 12.3 Å². The molecule has 4 rings (SSSR count). The van der Waals surface area contributed by atoms with Crippen molar-refractivity contribution < 1.29 is 9.59 Å². The minimum atomic E-state index is -0.401. The van der Waals surface area contributed by atoms with Gasteiger partial charge in [-0.15, -0.1) is 0 Å². The van der Waals surface area contributed by atoms with Crippen LogP contribution in [-0.4, -0.2) is 31.1 Å². The lowest BCUT2D eigenvalue weighted by Crippen LogP contribution is -2.31. The van der Waals surface area contributed by atoms with E-state index in [9.17, 15) is 14.4 Å². The number of ketones is 1. The summed E-state index contributed by atoms with van der Waals surface area (Å²) >= 11 is 0. The number of nitrogens with one attached hydrogen (secondary N) is 1. The summed E-state index contributed by atoms with van der Waals surface area (Å²) in [6, 6.07) is 16.3. The van der Waals surface area contributed by atoms with Gasteiger partial charge in [-0.3, -0.25) is 14.4 Å². The molecule has 0 aliphatic rings. The van der Waals surface area contributed by atoms with Crippen LogP contribution in [0, 0.1) is 6.92 Å². The minimum absolute atomic E-state index is 0.0520. The molecule has 0 saturated heterocycles. The molecular weight excluding hydrogens is 406 g/mol. The van der Waals surface area contributed by atoms with Gasteiger partial charge >= 0.3 is 0 Å². The number of anilines is 1. The van der Waals surface area contributed by atoms with Crippen LogP contribution < -0.4 is 10.9 Å². The van der Waals surface area contributed by atoms with Crippen molar-refractivity contribution in [2.75, 3.05) is 5.32 Å². The molecule has 0 bridgehead atoms. The number of hydrogen-bond donors (Lipinski definition) is 1. The topological polar surface area (TPSA) is 98.4 Å². The molecule has 0 atom stereocenters. The second-order valence-corrected chi connectivity index (χ2v) is 7.57. The van der Waals surface area contributed by atoms with Crippen LogP contribution in [0.1, 0.15) is 35.6 Å². The largest absolute Gasteiger partial charge is 0.324 e. The van der Waals surface area contributed by atoms with Gasteiger partial charge in [0.15, 0.2) is 5.78 Å². The molecule has 8 heteroatoms. The highest BCUT2D eigenvalue weighted by Gasteiger charge is 2.15. The molecule has 8 nitrogen and oxygen atoms in total. The normalized spacial score (nSPS) is 11.0. The van der Waals surface area contributed by atoms with Crippen LogP contribution in [0.2, 0.25) is 0 Å². The highest BCUT2D eigenvalue weighted by atomic mass is 16.2. The lowest BCUT2D eigenvalue weighted by atomic mass is 10.1. The number of hydrogen-bond acceptors (Lipinski definition) is 5. The predicted octanol–water partition coefficient (Wildman–Crippen LogP) is 3.27. The smallest absolute Gasteiger partial charge is 0.293 e. The number of rotatable bonds is 6. The summed E-state index contributed by atoms with van der Waals surface area (Å²) in [5.41, 5.74) is 3.84. The number of Topliss-reactive ketones (excluding diaryl/α,β-unsaturated/α-hetero) is 1. The van der Waals surface area contributed by atoms with Crippen molar-refractivity contribution in [1.82, 2.24) is 19.4 Å². The number of aromatic nitrogens is 4. The summed E-state index contributed by atoms with van der Waals surface area (Å²) in [6.45, 7) is 5.07. The van der Waals surface area contributed by atoms with Crippen LogP contribution in [0.5, 0.6) is 0 Å². The third-order valence-electron chi connectivity index (χ3n) is 5.26. The van der Waals surface area contributed by atoms with Crippen LogP contribution >= 0.6 is 0 Å². The van der Waals surface area contributed by atoms with E-state index in [1.165, 1.54) is 17.0 Å². The molecule has 2 aromatic carbocycles. The lowest BCUT2D eigenvalue weighted by molar-refractivity contribution is -0.117. The van der Waals surface area contributed by atoms with E-state index < -0.39 is 11.5 Å². The maximum absolute atomic E-state index is 13.0. The van der Waals surface area contributed by atoms with Gasteiger partial charge in [0.2, 0.25) is 5.91 Å². The van der Waals surface area contributed by atoms with E-state index in [0.29, 0.717) is 28.3 Å². The van der Waals surface area contributed by atoms with Gasteiger partial charge in [0.1, 0.15) is 17.9 Å². The van der Waals surface area contributed by atoms with Crippen molar-refractivity contribution in [3.63, 3.8) is 0 Å². The zero-order chi connectivity index (χ0) is 22.8. The summed E-state index contributed by atoms with van der Waals surface area (Å²) in [5, 5.41) is 11.5. The highest BCUT2D eigenvalue weighted by Crippen LogP contribution is 2.20. The first-order valence-corrected chi connectivity index (χ1v) is 10.3. The summed E-state index contributed by atoms with van der Waals surface area (Å²) in [4.78, 5) is 36.8. The van der Waals surface area contributed by atoms with Crippen molar-refractivity contribution in [3.8, 4) is 11.3 Å². The van der Waals surface area contributed by atoms with Crippen LogP contribution in [0.3, 0.4) is 0 Å². The Labute approximate surface area is 184 Å². The molecule has 0 fully saturated rings. The molecule has 1 amide bonds. The average Bonchev–Trinajstić information content (AvgIpc) is 3.24. The quantitative estimate of drug-likeness (QED) is 0.475. The number of carbonyl (C=O) groups is 2. The molecule has 32 heavy (non-hydrogen) atoms. The molecule has 162 valence electrons. The van der Waals surface area contributed by atoms with E-state index in [1.54, 1.807) is 37.3 Å². The van der Waals surface area contributed by atoms with Crippen LogP contribution in [0.15, 0.2) is 59.4 Å². The maximum Gasteiger partial charge on any atom is 0.293 e. The molecule has 0 saturated carbocycles. The number of aryl methyl sites for hydroxylation is 2. The van der Waals surface area contributed by atoms with E-state index in [1.807, 2.05) is 24.3 Å². The summed E-state index contributed by atoms with van der Waals surface area (Å²) < 4.78 is 2.63. The molecule has 0 aliphatic heterocycles. The maximum atomic E-state index is 13.0. The SMILES string of the molecule is CCc1ccc(-c2cc3c(=O)n(CC(=O)Nc4ccc(C(C)=O)cc4)nc(C)n3n2)cc1. The fourth-order valence-corrected chi connectivity index (χ4v) is 3.46. The molecule has 0 spiro atoms. The third kappa shape index (κ3) is 4.20. The number of amides is 1. The van der Waals surface area contributed by atoms with Crippen molar-refractivity contribution in [3.05, 3.63) is 81.9 Å². The lowest BCUT2D eigenvalue weighted by Gasteiger charge is -2.08. The summed E-state index contributed by atoms with van der Waals surface area (Å²) in [7, 11) is 0. The molecule has 0 radical (unpaired) electrons. The van der Waals surface area contributed by atoms with Gasteiger partial charge < -0.3 is 5.32 Å². The van der Waals surface area contributed by atoms with Crippen molar-refractivity contribution in [1.29, 1.82) is 0 Å². The predicted molar refractivity (Wildman–Crippen MR) is 122 cm³/mol. The Hall–Kier alpha value is -4.07. The Morgan fingerprint density at radius 1 is 1.00 bits per heavy atom. The molecule has 2 heterocycles. The van der Waals surface area contributed by atoms with Gasteiger partial charge in [-0.05, 0) is 56.2 Å².